The second-order valence-electron chi connectivity index (χ2n) is 6.91. The number of hydrogen-bond acceptors (Lipinski definition) is 4. The number of H-pyrrole nitrogens is 1. The first-order chi connectivity index (χ1) is 11.0. The van der Waals surface area contributed by atoms with Crippen LogP contribution in [0.25, 0.3) is 10.8 Å². The molecule has 3 heterocycles. The number of likely N-dealkylation sites (tertiary alicyclic amines) is 1. The van der Waals surface area contributed by atoms with E-state index in [4.69, 9.17) is 0 Å². The van der Waals surface area contributed by atoms with Crippen molar-refractivity contribution >= 4 is 16.5 Å². The number of piperidine rings is 1. The fourth-order valence-corrected chi connectivity index (χ4v) is 4.24. The number of nitrogens with one attached hydrogen (secondary N) is 2. The molecule has 0 bridgehead atoms. The van der Waals surface area contributed by atoms with Crippen LogP contribution in [-0.4, -0.2) is 41.3 Å². The molecule has 0 radical (unpaired) electrons. The Bertz CT molecular complexity index is 810. The molecule has 5 nitrogen and oxygen atoms in total. The van der Waals surface area contributed by atoms with Gasteiger partial charge in [-0.3, -0.25) is 4.79 Å². The molecule has 2 aliphatic heterocycles. The summed E-state index contributed by atoms with van der Waals surface area (Å²) in [6.45, 7) is 4.28. The van der Waals surface area contributed by atoms with Crippen LogP contribution in [-0.2, 0) is 0 Å². The molecule has 6 heteroatoms. The lowest BCUT2D eigenvalue weighted by atomic mass is 9.75. The van der Waals surface area contributed by atoms with E-state index in [-0.39, 0.29) is 17.5 Å². The first kappa shape index (κ1) is 14.6. The van der Waals surface area contributed by atoms with Crippen molar-refractivity contribution in [3.63, 3.8) is 0 Å². The van der Waals surface area contributed by atoms with E-state index in [1.54, 1.807) is 0 Å². The highest BCUT2D eigenvalue weighted by Crippen LogP contribution is 2.43. The number of aromatic amines is 1. The Morgan fingerprint density at radius 3 is 2.78 bits per heavy atom. The molecule has 122 valence electrons. The summed E-state index contributed by atoms with van der Waals surface area (Å²) in [7, 11) is 2.15. The van der Waals surface area contributed by atoms with Gasteiger partial charge in [-0.15, -0.1) is 0 Å². The number of nitrogens with zero attached hydrogens (tertiary/aromatic N) is 2. The minimum atomic E-state index is -0.396. The largest absolute Gasteiger partial charge is 0.381 e. The van der Waals surface area contributed by atoms with E-state index in [0.29, 0.717) is 17.0 Å². The maximum atomic E-state index is 13.8. The summed E-state index contributed by atoms with van der Waals surface area (Å²) in [6.07, 6.45) is 2.23. The highest BCUT2D eigenvalue weighted by molar-refractivity contribution is 5.96. The Morgan fingerprint density at radius 1 is 1.30 bits per heavy atom. The number of anilines is 1. The maximum Gasteiger partial charge on any atom is 0.272 e. The summed E-state index contributed by atoms with van der Waals surface area (Å²) >= 11 is 0. The molecule has 0 saturated carbocycles. The Morgan fingerprint density at radius 2 is 2.04 bits per heavy atom. The van der Waals surface area contributed by atoms with Crippen LogP contribution in [0, 0.1) is 11.7 Å². The average Bonchev–Trinajstić information content (AvgIpc) is 2.51. The van der Waals surface area contributed by atoms with Gasteiger partial charge in [0.1, 0.15) is 5.82 Å². The number of aromatic nitrogens is 2. The molecule has 1 saturated heterocycles. The van der Waals surface area contributed by atoms with E-state index in [1.807, 2.05) is 0 Å². The normalized spacial score (nSPS) is 25.5. The molecule has 2 aliphatic rings. The molecular weight excluding hydrogens is 295 g/mol. The minimum Gasteiger partial charge on any atom is -0.381 e. The quantitative estimate of drug-likeness (QED) is 0.847. The smallest absolute Gasteiger partial charge is 0.272 e. The molecule has 1 aromatic heterocycles. The first-order valence-electron chi connectivity index (χ1n) is 8.21. The summed E-state index contributed by atoms with van der Waals surface area (Å²) in [6, 6.07) is 2.94. The van der Waals surface area contributed by atoms with E-state index in [1.165, 1.54) is 12.1 Å². The van der Waals surface area contributed by atoms with Gasteiger partial charge in [0.05, 0.1) is 11.1 Å². The van der Waals surface area contributed by atoms with Crippen molar-refractivity contribution in [3.8, 4) is 0 Å². The van der Waals surface area contributed by atoms with Crippen molar-refractivity contribution in [1.82, 2.24) is 15.1 Å². The predicted octanol–water partition coefficient (Wildman–Crippen LogP) is 2.30. The molecule has 1 aromatic carbocycles. The lowest BCUT2D eigenvalue weighted by molar-refractivity contribution is 0.190. The summed E-state index contributed by atoms with van der Waals surface area (Å²) in [5, 5.41) is 11.5. The van der Waals surface area contributed by atoms with Gasteiger partial charge in [0.25, 0.3) is 5.56 Å². The lowest BCUT2D eigenvalue weighted by Crippen LogP contribution is -2.40. The topological polar surface area (TPSA) is 61.0 Å². The Kier molecular flexibility index (Phi) is 3.37. The van der Waals surface area contributed by atoms with Gasteiger partial charge in [-0.1, -0.05) is 0 Å². The van der Waals surface area contributed by atoms with Crippen LogP contribution in [0.15, 0.2) is 16.9 Å². The zero-order valence-electron chi connectivity index (χ0n) is 13.4. The van der Waals surface area contributed by atoms with Crippen LogP contribution in [0.3, 0.4) is 0 Å². The fourth-order valence-electron chi connectivity index (χ4n) is 4.24. The third kappa shape index (κ3) is 2.32. The van der Waals surface area contributed by atoms with Crippen molar-refractivity contribution < 1.29 is 4.39 Å². The minimum absolute atomic E-state index is 0.166. The Labute approximate surface area is 133 Å². The van der Waals surface area contributed by atoms with Crippen molar-refractivity contribution in [3.05, 3.63) is 34.0 Å². The fraction of sp³-hybridized carbons (Fsp3) is 0.529. The lowest BCUT2D eigenvalue weighted by Gasteiger charge is -2.40. The van der Waals surface area contributed by atoms with Crippen LogP contribution in [0.5, 0.6) is 0 Å². The molecule has 0 amide bonds. The van der Waals surface area contributed by atoms with Gasteiger partial charge in [-0.05, 0) is 58.0 Å². The molecular formula is C17H21FN4O. The zero-order valence-corrected chi connectivity index (χ0v) is 13.4. The molecule has 4 rings (SSSR count). The standard InChI is InChI=1S/C17H21FN4O/c1-9-14(10-3-5-22(2)6-4-10)16-15-12(17(23)21-20-16)7-11(18)8-13(15)19-9/h7-10,14,19H,3-6H2,1-2H3,(H,21,23)/t9-,14+/m1/s1. The van der Waals surface area contributed by atoms with Gasteiger partial charge in [-0.2, -0.15) is 5.10 Å². The van der Waals surface area contributed by atoms with Crippen molar-refractivity contribution in [1.29, 1.82) is 0 Å². The third-order valence-electron chi connectivity index (χ3n) is 5.39. The highest BCUT2D eigenvalue weighted by Gasteiger charge is 2.36. The number of hydrogen-bond donors (Lipinski definition) is 2. The summed E-state index contributed by atoms with van der Waals surface area (Å²) in [5.41, 5.74) is 1.27. The van der Waals surface area contributed by atoms with Gasteiger partial charge >= 0.3 is 0 Å². The average molecular weight is 316 g/mol. The summed E-state index contributed by atoms with van der Waals surface area (Å²) < 4.78 is 13.8. The second-order valence-corrected chi connectivity index (χ2v) is 6.91. The van der Waals surface area contributed by atoms with Crippen LogP contribution >= 0.6 is 0 Å². The molecule has 0 unspecified atom stereocenters. The highest BCUT2D eigenvalue weighted by atomic mass is 19.1. The first-order valence-corrected chi connectivity index (χ1v) is 8.21. The van der Waals surface area contributed by atoms with E-state index in [9.17, 15) is 9.18 Å². The monoisotopic (exact) mass is 316 g/mol. The Balaban J connectivity index is 1.87. The summed E-state index contributed by atoms with van der Waals surface area (Å²) in [5.74, 6) is 0.363. The third-order valence-corrected chi connectivity index (χ3v) is 5.39. The second kappa shape index (κ2) is 5.30. The Hall–Kier alpha value is -1.95. The molecule has 0 spiro atoms. The van der Waals surface area contributed by atoms with E-state index in [2.05, 4.69) is 34.4 Å². The van der Waals surface area contributed by atoms with Crippen LogP contribution in [0.4, 0.5) is 10.1 Å². The van der Waals surface area contributed by atoms with Crippen molar-refractivity contribution in [2.75, 3.05) is 25.5 Å². The molecule has 1 fully saturated rings. The van der Waals surface area contributed by atoms with Crippen molar-refractivity contribution in [2.24, 2.45) is 5.92 Å². The molecule has 0 aliphatic carbocycles. The van der Waals surface area contributed by atoms with Gasteiger partial charge in [0, 0.05) is 23.0 Å². The van der Waals surface area contributed by atoms with E-state index in [0.717, 1.165) is 37.0 Å². The number of rotatable bonds is 1. The molecule has 2 N–H and O–H groups in total. The zero-order chi connectivity index (χ0) is 16.1. The van der Waals surface area contributed by atoms with Crippen LogP contribution in [0.1, 0.15) is 31.4 Å². The van der Waals surface area contributed by atoms with Crippen LogP contribution < -0.4 is 10.9 Å². The number of halogens is 1. The van der Waals surface area contributed by atoms with Gasteiger partial charge in [0.15, 0.2) is 0 Å². The molecule has 23 heavy (non-hydrogen) atoms. The van der Waals surface area contributed by atoms with E-state index >= 15 is 0 Å². The maximum absolute atomic E-state index is 13.8. The molecule has 2 aromatic rings. The predicted molar refractivity (Wildman–Crippen MR) is 88.4 cm³/mol. The molecule has 2 atom stereocenters. The number of benzene rings is 1. The van der Waals surface area contributed by atoms with Gasteiger partial charge < -0.3 is 10.2 Å². The van der Waals surface area contributed by atoms with Gasteiger partial charge in [-0.25, -0.2) is 9.49 Å². The van der Waals surface area contributed by atoms with Crippen molar-refractivity contribution in [2.45, 2.75) is 31.7 Å². The summed E-state index contributed by atoms with van der Waals surface area (Å²) in [4.78, 5) is 14.4. The van der Waals surface area contributed by atoms with Crippen LogP contribution in [0.2, 0.25) is 0 Å². The SMILES string of the molecule is C[C@H]1Nc2cc(F)cc3c(=O)[nH]nc(c23)[C@@H]1C1CCN(C)CC1. The van der Waals surface area contributed by atoms with Gasteiger partial charge in [0.2, 0.25) is 0 Å². The van der Waals surface area contributed by atoms with E-state index < -0.39 is 5.82 Å².